The van der Waals surface area contributed by atoms with E-state index in [1.807, 2.05) is 41.8 Å². The molecule has 1 aliphatic heterocycles. The lowest BCUT2D eigenvalue weighted by atomic mass is 10.0. The zero-order valence-corrected chi connectivity index (χ0v) is 8.71. The van der Waals surface area contributed by atoms with Gasteiger partial charge in [-0.05, 0) is 17.0 Å². The third-order valence-electron chi connectivity index (χ3n) is 2.11. The van der Waals surface area contributed by atoms with Crippen LogP contribution in [0.15, 0.2) is 47.4 Å². The summed E-state index contributed by atoms with van der Waals surface area (Å²) in [6.45, 7) is 0. The zero-order chi connectivity index (χ0) is 10.7. The molecule has 1 heterocycles. The molecule has 1 N–H and O–H groups in total. The number of hydrogen-bond acceptors (Lipinski definition) is 3. The summed E-state index contributed by atoms with van der Waals surface area (Å²) in [5, 5.41) is 19.1. The maximum Gasteiger partial charge on any atom is 0.100 e. The minimum absolute atomic E-state index is 0.440. The lowest BCUT2D eigenvalue weighted by Gasteiger charge is -2.02. The molecule has 0 atom stereocenters. The number of hydrogen-bond donors (Lipinski definition) is 1. The minimum Gasteiger partial charge on any atom is -0.293 e. The maximum atomic E-state index is 9.11. The molecule has 1 aromatic carbocycles. The van der Waals surface area contributed by atoms with E-state index in [0.717, 1.165) is 5.56 Å². The van der Waals surface area contributed by atoms with E-state index in [4.69, 9.17) is 10.7 Å². The van der Waals surface area contributed by atoms with Crippen molar-refractivity contribution >= 4 is 22.4 Å². The Balaban J connectivity index is 2.55. The summed E-state index contributed by atoms with van der Waals surface area (Å²) in [7, 11) is 0. The van der Waals surface area contributed by atoms with Crippen molar-refractivity contribution in [3.63, 3.8) is 0 Å². The van der Waals surface area contributed by atoms with Crippen molar-refractivity contribution in [3.05, 3.63) is 53.0 Å². The van der Waals surface area contributed by atoms with E-state index in [9.17, 15) is 0 Å². The van der Waals surface area contributed by atoms with Crippen molar-refractivity contribution in [1.29, 1.82) is 10.7 Å². The Kier molecular flexibility index (Phi) is 2.70. The second-order valence-electron chi connectivity index (χ2n) is 3.02. The molecule has 0 aromatic heterocycles. The zero-order valence-electron chi connectivity index (χ0n) is 7.90. The van der Waals surface area contributed by atoms with Crippen LogP contribution < -0.4 is 0 Å². The molecule has 2 rings (SSSR count). The summed E-state index contributed by atoms with van der Waals surface area (Å²) in [6.07, 6.45) is 1.82. The van der Waals surface area contributed by atoms with Gasteiger partial charge in [-0.15, -0.1) is 0 Å². The molecule has 1 aromatic rings. The number of nitriles is 1. The molecule has 15 heavy (non-hydrogen) atoms. The van der Waals surface area contributed by atoms with Gasteiger partial charge in [-0.3, -0.25) is 5.41 Å². The van der Waals surface area contributed by atoms with Gasteiger partial charge in [0.05, 0.1) is 10.6 Å². The number of benzene rings is 1. The van der Waals surface area contributed by atoms with Crippen LogP contribution in [0.3, 0.4) is 0 Å². The van der Waals surface area contributed by atoms with Crippen LogP contribution in [-0.2, 0) is 0 Å². The van der Waals surface area contributed by atoms with Gasteiger partial charge in [-0.25, -0.2) is 0 Å². The van der Waals surface area contributed by atoms with Crippen molar-refractivity contribution in [3.8, 4) is 6.07 Å². The van der Waals surface area contributed by atoms with Gasteiger partial charge in [0.1, 0.15) is 6.07 Å². The van der Waals surface area contributed by atoms with Gasteiger partial charge in [0.15, 0.2) is 0 Å². The van der Waals surface area contributed by atoms with Gasteiger partial charge < -0.3 is 0 Å². The number of allylic oxidation sites excluding steroid dienone is 2. The molecule has 0 saturated carbocycles. The molecule has 0 bridgehead atoms. The van der Waals surface area contributed by atoms with Crippen molar-refractivity contribution in [2.75, 3.05) is 0 Å². The Hall–Kier alpha value is -1.79. The van der Waals surface area contributed by atoms with Crippen molar-refractivity contribution in [2.45, 2.75) is 0 Å². The normalized spacial score (nSPS) is 17.7. The summed E-state index contributed by atoms with van der Waals surface area (Å²) < 4.78 is 0. The topological polar surface area (TPSA) is 47.6 Å². The van der Waals surface area contributed by atoms with Crippen LogP contribution in [0.1, 0.15) is 5.56 Å². The van der Waals surface area contributed by atoms with E-state index >= 15 is 0 Å². The highest BCUT2D eigenvalue weighted by Crippen LogP contribution is 2.29. The van der Waals surface area contributed by atoms with Crippen molar-refractivity contribution < 1.29 is 0 Å². The smallest absolute Gasteiger partial charge is 0.100 e. The third kappa shape index (κ3) is 1.85. The second kappa shape index (κ2) is 4.16. The summed E-state index contributed by atoms with van der Waals surface area (Å²) in [5.74, 6) is 0. The molecular weight excluding hydrogens is 204 g/mol. The van der Waals surface area contributed by atoms with Gasteiger partial charge in [-0.2, -0.15) is 5.26 Å². The van der Waals surface area contributed by atoms with Crippen LogP contribution in [0.4, 0.5) is 0 Å². The summed E-state index contributed by atoms with van der Waals surface area (Å²) in [6, 6.07) is 11.6. The van der Waals surface area contributed by atoms with E-state index in [1.54, 1.807) is 0 Å². The van der Waals surface area contributed by atoms with Crippen LogP contribution >= 0.6 is 11.8 Å². The summed E-state index contributed by atoms with van der Waals surface area (Å²) in [5.41, 5.74) is 2.16. The Morgan fingerprint density at radius 3 is 2.53 bits per heavy atom. The molecule has 3 heteroatoms. The molecule has 0 saturated heterocycles. The molecule has 0 unspecified atom stereocenters. The average molecular weight is 212 g/mol. The Morgan fingerprint density at radius 2 is 2.00 bits per heavy atom. The molecule has 0 fully saturated rings. The fraction of sp³-hybridized carbons (Fsp3) is 0. The van der Waals surface area contributed by atoms with E-state index in [0.29, 0.717) is 16.2 Å². The molecule has 0 amide bonds. The molecule has 0 radical (unpaired) electrons. The van der Waals surface area contributed by atoms with E-state index < -0.39 is 0 Å². The molecule has 0 aliphatic carbocycles. The summed E-state index contributed by atoms with van der Waals surface area (Å²) >= 11 is 1.34. The summed E-state index contributed by atoms with van der Waals surface area (Å²) in [4.78, 5) is 0. The van der Waals surface area contributed by atoms with Crippen LogP contribution in [0.2, 0.25) is 0 Å². The highest BCUT2D eigenvalue weighted by molar-refractivity contribution is 8.17. The SMILES string of the molecule is N#C/C(=C1/C=CSC1=N)c1ccccc1. The predicted octanol–water partition coefficient (Wildman–Crippen LogP) is 3.20. The number of nitrogens with one attached hydrogen (secondary N) is 1. The van der Waals surface area contributed by atoms with Gasteiger partial charge in [-0.1, -0.05) is 42.1 Å². The Labute approximate surface area is 92.4 Å². The molecular formula is C12H8N2S. The van der Waals surface area contributed by atoms with E-state index in [1.165, 1.54) is 11.8 Å². The fourth-order valence-corrected chi connectivity index (χ4v) is 2.03. The first-order chi connectivity index (χ1) is 7.33. The first kappa shape index (κ1) is 9.75. The molecule has 0 spiro atoms. The molecule has 72 valence electrons. The Morgan fingerprint density at radius 1 is 1.27 bits per heavy atom. The molecule has 2 nitrogen and oxygen atoms in total. The molecule has 1 aliphatic rings. The predicted molar refractivity (Wildman–Crippen MR) is 63.4 cm³/mol. The first-order valence-corrected chi connectivity index (χ1v) is 5.33. The quantitative estimate of drug-likeness (QED) is 0.726. The second-order valence-corrected chi connectivity index (χ2v) is 3.93. The minimum atomic E-state index is 0.440. The van der Waals surface area contributed by atoms with Crippen LogP contribution in [0, 0.1) is 16.7 Å². The van der Waals surface area contributed by atoms with E-state index in [-0.39, 0.29) is 0 Å². The van der Waals surface area contributed by atoms with Gasteiger partial charge in [0.2, 0.25) is 0 Å². The largest absolute Gasteiger partial charge is 0.293 e. The monoisotopic (exact) mass is 212 g/mol. The number of thioether (sulfide) groups is 1. The fourth-order valence-electron chi connectivity index (χ4n) is 1.39. The standard InChI is InChI=1S/C12H8N2S/c13-8-11(9-4-2-1-3-5-9)10-6-7-15-12(10)14/h1-7,14H/b11-10+,14-12?. The number of nitrogens with zero attached hydrogens (tertiary/aromatic N) is 1. The van der Waals surface area contributed by atoms with E-state index in [2.05, 4.69) is 6.07 Å². The first-order valence-electron chi connectivity index (χ1n) is 4.45. The highest BCUT2D eigenvalue weighted by Gasteiger charge is 2.14. The van der Waals surface area contributed by atoms with Crippen molar-refractivity contribution in [2.24, 2.45) is 0 Å². The number of rotatable bonds is 1. The van der Waals surface area contributed by atoms with Gasteiger partial charge in [0.25, 0.3) is 0 Å². The van der Waals surface area contributed by atoms with Crippen LogP contribution in [0.5, 0.6) is 0 Å². The lowest BCUT2D eigenvalue weighted by molar-refractivity contribution is 1.50. The van der Waals surface area contributed by atoms with Gasteiger partial charge >= 0.3 is 0 Å². The van der Waals surface area contributed by atoms with Gasteiger partial charge in [0, 0.05) is 5.57 Å². The van der Waals surface area contributed by atoms with Crippen LogP contribution in [-0.4, -0.2) is 5.04 Å². The van der Waals surface area contributed by atoms with Crippen molar-refractivity contribution in [1.82, 2.24) is 0 Å². The Bertz CT molecular complexity index is 492. The van der Waals surface area contributed by atoms with Crippen LogP contribution in [0.25, 0.3) is 5.57 Å². The highest BCUT2D eigenvalue weighted by atomic mass is 32.2. The average Bonchev–Trinajstić information content (AvgIpc) is 2.68. The third-order valence-corrected chi connectivity index (χ3v) is 2.84. The maximum absolute atomic E-state index is 9.11. The lowest BCUT2D eigenvalue weighted by Crippen LogP contribution is -1.93.